The van der Waals surface area contributed by atoms with Gasteiger partial charge in [0.25, 0.3) is 0 Å². The molecular formula is C34H41F9O3. The smallest absolute Gasteiger partial charge is 0.460 e. The van der Waals surface area contributed by atoms with Gasteiger partial charge in [-0.1, -0.05) is 70.4 Å². The Morgan fingerprint density at radius 3 is 1.83 bits per heavy atom. The lowest BCUT2D eigenvalue weighted by Gasteiger charge is -2.33. The van der Waals surface area contributed by atoms with Gasteiger partial charge in [-0.25, -0.2) is 4.79 Å². The molecule has 0 saturated heterocycles. The average Bonchev–Trinajstić information content (AvgIpc) is 3.01. The molecule has 0 radical (unpaired) electrons. The van der Waals surface area contributed by atoms with Gasteiger partial charge in [0.15, 0.2) is 0 Å². The van der Waals surface area contributed by atoms with Gasteiger partial charge in [0, 0.05) is 6.42 Å². The van der Waals surface area contributed by atoms with Crippen LogP contribution in [0.15, 0.2) is 48.5 Å². The maximum Gasteiger partial charge on any atom is 0.460 e. The summed E-state index contributed by atoms with van der Waals surface area (Å²) in [4.78, 5) is 12.5. The molecule has 46 heavy (non-hydrogen) atoms. The molecule has 0 aliphatic heterocycles. The van der Waals surface area contributed by atoms with Gasteiger partial charge in [0.05, 0.1) is 12.2 Å². The highest BCUT2D eigenvalue weighted by Crippen LogP contribution is 2.54. The molecule has 0 unspecified atom stereocenters. The minimum atomic E-state index is -6.89. The fourth-order valence-electron chi connectivity index (χ4n) is 5.64. The minimum absolute atomic E-state index is 0.187. The van der Waals surface area contributed by atoms with E-state index in [1.54, 1.807) is 12.1 Å². The highest BCUT2D eigenvalue weighted by molar-refractivity contribution is 5.91. The summed E-state index contributed by atoms with van der Waals surface area (Å²) >= 11 is 0. The zero-order valence-corrected chi connectivity index (χ0v) is 25.8. The van der Waals surface area contributed by atoms with Gasteiger partial charge < -0.3 is 9.47 Å². The molecule has 1 aliphatic rings. The molecule has 0 spiro atoms. The van der Waals surface area contributed by atoms with E-state index < -0.39 is 42.8 Å². The Morgan fingerprint density at radius 1 is 0.696 bits per heavy atom. The molecule has 1 aliphatic carbocycles. The van der Waals surface area contributed by atoms with E-state index in [1.165, 1.54) is 81.2 Å². The first-order valence-electron chi connectivity index (χ1n) is 15.8. The van der Waals surface area contributed by atoms with Crippen LogP contribution >= 0.6 is 0 Å². The van der Waals surface area contributed by atoms with Crippen molar-refractivity contribution < 1.29 is 53.8 Å². The SMILES string of the molecule is CCCCCC1CCC(CCc2ccc(OC(=O)c3ccc(OCCCCC(F)(F)C(F)(F)C(F)(F)C(F)(F)F)cc3)cc2)CC1. The maximum absolute atomic E-state index is 13.6. The van der Waals surface area contributed by atoms with Crippen LogP contribution in [0.3, 0.4) is 0 Å². The second-order valence-electron chi connectivity index (χ2n) is 12.1. The van der Waals surface area contributed by atoms with E-state index in [2.05, 4.69) is 6.92 Å². The first kappa shape index (κ1) is 37.5. The number of alkyl halides is 9. The summed E-state index contributed by atoms with van der Waals surface area (Å²) < 4.78 is 127. The fraction of sp³-hybridized carbons (Fsp3) is 0.618. The zero-order valence-electron chi connectivity index (χ0n) is 25.8. The van der Waals surface area contributed by atoms with Gasteiger partial charge in [-0.3, -0.25) is 0 Å². The molecular weight excluding hydrogens is 627 g/mol. The first-order chi connectivity index (χ1) is 21.6. The molecule has 0 aromatic heterocycles. The maximum atomic E-state index is 13.6. The van der Waals surface area contributed by atoms with E-state index in [0.29, 0.717) is 5.75 Å². The lowest BCUT2D eigenvalue weighted by Crippen LogP contribution is -2.60. The van der Waals surface area contributed by atoms with Crippen LogP contribution in [0.2, 0.25) is 0 Å². The number of carbonyl (C=O) groups excluding carboxylic acids is 1. The second kappa shape index (κ2) is 16.3. The fourth-order valence-corrected chi connectivity index (χ4v) is 5.64. The van der Waals surface area contributed by atoms with Crippen molar-refractivity contribution in [2.24, 2.45) is 11.8 Å². The summed E-state index contributed by atoms with van der Waals surface area (Å²) in [7, 11) is 0. The summed E-state index contributed by atoms with van der Waals surface area (Å²) in [5.41, 5.74) is 1.36. The molecule has 1 saturated carbocycles. The van der Waals surface area contributed by atoms with Gasteiger partial charge in [0.1, 0.15) is 11.5 Å². The summed E-state index contributed by atoms with van der Waals surface area (Å²) in [6.07, 6.45) is 2.72. The third-order valence-electron chi connectivity index (χ3n) is 8.61. The van der Waals surface area contributed by atoms with Crippen molar-refractivity contribution in [2.75, 3.05) is 6.61 Å². The largest absolute Gasteiger partial charge is 0.494 e. The van der Waals surface area contributed by atoms with Gasteiger partial charge >= 0.3 is 29.9 Å². The van der Waals surface area contributed by atoms with Crippen molar-refractivity contribution in [3.63, 3.8) is 0 Å². The quantitative estimate of drug-likeness (QED) is 0.0728. The molecule has 3 rings (SSSR count). The third-order valence-corrected chi connectivity index (χ3v) is 8.61. The van der Waals surface area contributed by atoms with Gasteiger partial charge in [0.2, 0.25) is 0 Å². The van der Waals surface area contributed by atoms with E-state index >= 15 is 0 Å². The Labute approximate surface area is 263 Å². The summed E-state index contributed by atoms with van der Waals surface area (Å²) in [5, 5.41) is 0. The molecule has 0 bridgehead atoms. The van der Waals surface area contributed by atoms with Crippen LogP contribution in [-0.4, -0.2) is 36.5 Å². The van der Waals surface area contributed by atoms with E-state index in [1.807, 2.05) is 12.1 Å². The molecule has 2 aromatic rings. The number of esters is 1. The summed E-state index contributed by atoms with van der Waals surface area (Å²) in [6, 6.07) is 12.9. The number of rotatable bonds is 17. The zero-order chi connectivity index (χ0) is 34.0. The number of hydrogen-bond donors (Lipinski definition) is 0. The van der Waals surface area contributed by atoms with E-state index in [-0.39, 0.29) is 24.3 Å². The number of aryl methyl sites for hydroxylation is 1. The molecule has 1 fully saturated rings. The van der Waals surface area contributed by atoms with Crippen LogP contribution in [0.1, 0.15) is 99.9 Å². The van der Waals surface area contributed by atoms with Crippen molar-refractivity contribution in [2.45, 2.75) is 114 Å². The van der Waals surface area contributed by atoms with Crippen LogP contribution < -0.4 is 9.47 Å². The molecule has 258 valence electrons. The van der Waals surface area contributed by atoms with Crippen LogP contribution in [0.25, 0.3) is 0 Å². The van der Waals surface area contributed by atoms with Gasteiger partial charge in [-0.05, 0) is 79.5 Å². The van der Waals surface area contributed by atoms with Crippen LogP contribution in [0, 0.1) is 11.8 Å². The molecule has 12 heteroatoms. The Morgan fingerprint density at radius 2 is 1.26 bits per heavy atom. The number of carbonyl (C=O) groups is 1. The molecule has 0 N–H and O–H groups in total. The molecule has 0 atom stereocenters. The topological polar surface area (TPSA) is 35.5 Å². The van der Waals surface area contributed by atoms with Crippen molar-refractivity contribution in [3.8, 4) is 11.5 Å². The monoisotopic (exact) mass is 668 g/mol. The molecule has 2 aromatic carbocycles. The van der Waals surface area contributed by atoms with Crippen LogP contribution in [0.4, 0.5) is 39.5 Å². The number of ether oxygens (including phenoxy) is 2. The lowest BCUT2D eigenvalue weighted by molar-refractivity contribution is -0.396. The van der Waals surface area contributed by atoms with Gasteiger partial charge in [-0.15, -0.1) is 0 Å². The van der Waals surface area contributed by atoms with Crippen molar-refractivity contribution >= 4 is 5.97 Å². The predicted octanol–water partition coefficient (Wildman–Crippen LogP) is 11.2. The number of benzene rings is 2. The van der Waals surface area contributed by atoms with E-state index in [9.17, 15) is 44.3 Å². The van der Waals surface area contributed by atoms with E-state index in [4.69, 9.17) is 9.47 Å². The minimum Gasteiger partial charge on any atom is -0.494 e. The van der Waals surface area contributed by atoms with Crippen molar-refractivity contribution in [1.82, 2.24) is 0 Å². The van der Waals surface area contributed by atoms with E-state index in [0.717, 1.165) is 24.7 Å². The molecule has 0 amide bonds. The van der Waals surface area contributed by atoms with Crippen LogP contribution in [-0.2, 0) is 6.42 Å². The number of unbranched alkanes of at least 4 members (excludes halogenated alkanes) is 3. The highest BCUT2D eigenvalue weighted by Gasteiger charge is 2.81. The summed E-state index contributed by atoms with van der Waals surface area (Å²) in [5.74, 6) is -17.5. The second-order valence-corrected chi connectivity index (χ2v) is 12.1. The Bertz CT molecular complexity index is 1200. The normalized spacial score (nSPS) is 18.0. The van der Waals surface area contributed by atoms with Crippen LogP contribution in [0.5, 0.6) is 11.5 Å². The Kier molecular flexibility index (Phi) is 13.3. The molecule has 3 nitrogen and oxygen atoms in total. The Hall–Kier alpha value is -2.92. The first-order valence-corrected chi connectivity index (χ1v) is 15.8. The number of hydrogen-bond acceptors (Lipinski definition) is 3. The molecule has 0 heterocycles. The highest BCUT2D eigenvalue weighted by atomic mass is 19.4. The lowest BCUT2D eigenvalue weighted by atomic mass is 9.78. The van der Waals surface area contributed by atoms with Crippen molar-refractivity contribution in [3.05, 3.63) is 59.7 Å². The summed E-state index contributed by atoms with van der Waals surface area (Å²) in [6.45, 7) is 1.92. The predicted molar refractivity (Wildman–Crippen MR) is 156 cm³/mol. The van der Waals surface area contributed by atoms with Gasteiger partial charge in [-0.2, -0.15) is 39.5 Å². The Balaban J connectivity index is 1.37. The third kappa shape index (κ3) is 10.0. The number of halogens is 9. The average molecular weight is 669 g/mol. The van der Waals surface area contributed by atoms with Crippen molar-refractivity contribution in [1.29, 1.82) is 0 Å². The standard InChI is InChI=1S/C34H41F9O3/c1-2-3-4-7-24-8-10-25(11-9-24)12-13-26-14-18-29(19-15-26)46-30(44)27-16-20-28(21-17-27)45-23-6-5-22-31(35,36)32(37,38)33(39,40)34(41,42)43/h14-21,24-25H,2-13,22-23H2,1H3.